The number of amides is 1. The van der Waals surface area contributed by atoms with Crippen molar-refractivity contribution in [1.82, 2.24) is 4.90 Å². The minimum Gasteiger partial charge on any atom is -0.465 e. The van der Waals surface area contributed by atoms with Crippen molar-refractivity contribution in [3.63, 3.8) is 0 Å². The molecule has 0 aliphatic carbocycles. The molecule has 0 bridgehead atoms. The maximum atomic E-state index is 14.6. The van der Waals surface area contributed by atoms with Gasteiger partial charge in [-0.25, -0.2) is 0 Å². The summed E-state index contributed by atoms with van der Waals surface area (Å²) in [4.78, 5) is 39.1. The van der Waals surface area contributed by atoms with Crippen LogP contribution in [0.2, 0.25) is 0 Å². The molecule has 0 saturated carbocycles. The molecule has 1 aliphatic rings. The van der Waals surface area contributed by atoms with Crippen molar-refractivity contribution in [1.29, 1.82) is 0 Å². The van der Waals surface area contributed by atoms with Gasteiger partial charge in [0.15, 0.2) is 5.41 Å². The van der Waals surface area contributed by atoms with Gasteiger partial charge >= 0.3 is 17.9 Å². The maximum Gasteiger partial charge on any atom is 0.327 e. The summed E-state index contributed by atoms with van der Waals surface area (Å²) in [6, 6.07) is 8.93. The number of morpholine rings is 1. The zero-order valence-corrected chi connectivity index (χ0v) is 19.1. The summed E-state index contributed by atoms with van der Waals surface area (Å²) in [7, 11) is 0. The summed E-state index contributed by atoms with van der Waals surface area (Å²) in [5.74, 6) is -6.66. The molecule has 33 heavy (non-hydrogen) atoms. The van der Waals surface area contributed by atoms with E-state index in [1.54, 1.807) is 44.2 Å². The summed E-state index contributed by atoms with van der Waals surface area (Å²) < 4.78 is 44.6. The lowest BCUT2D eigenvalue weighted by Gasteiger charge is -2.31. The van der Waals surface area contributed by atoms with Crippen molar-refractivity contribution in [3.05, 3.63) is 42.0 Å². The number of hydrogen-bond acceptors (Lipinski definition) is 6. The Hall–Kier alpha value is -2.81. The average Bonchev–Trinajstić information content (AvgIpc) is 2.82. The molecule has 0 atom stereocenters. The van der Waals surface area contributed by atoms with E-state index in [-0.39, 0.29) is 52.4 Å². The van der Waals surface area contributed by atoms with Crippen LogP contribution in [0.5, 0.6) is 0 Å². The first-order valence-corrected chi connectivity index (χ1v) is 11.1. The molecule has 0 spiro atoms. The first kappa shape index (κ1) is 26.4. The molecule has 9 heteroatoms. The SMILES string of the molecule is CCOC(=O)C(/C=C/c1ccccc1)(CCCC(F)(F)C(=O)N1CCOCC1)C(=O)OCC. The number of nitrogens with zero attached hydrogens (tertiary/aromatic N) is 1. The monoisotopic (exact) mass is 467 g/mol. The van der Waals surface area contributed by atoms with Crippen molar-refractivity contribution in [2.24, 2.45) is 5.41 Å². The van der Waals surface area contributed by atoms with E-state index in [1.807, 2.05) is 6.07 Å². The van der Waals surface area contributed by atoms with Gasteiger partial charge in [0.25, 0.3) is 5.91 Å². The Morgan fingerprint density at radius 2 is 1.58 bits per heavy atom. The number of benzene rings is 1. The van der Waals surface area contributed by atoms with E-state index in [1.165, 1.54) is 6.08 Å². The molecule has 0 unspecified atom stereocenters. The predicted molar refractivity (Wildman–Crippen MR) is 117 cm³/mol. The molecule has 7 nitrogen and oxygen atoms in total. The van der Waals surface area contributed by atoms with E-state index in [0.717, 1.165) is 4.90 Å². The Labute approximate surface area is 192 Å². The lowest BCUT2D eigenvalue weighted by Crippen LogP contribution is -2.48. The number of hydrogen-bond donors (Lipinski definition) is 0. The van der Waals surface area contributed by atoms with E-state index in [2.05, 4.69) is 0 Å². The second kappa shape index (κ2) is 12.4. The first-order valence-electron chi connectivity index (χ1n) is 11.1. The summed E-state index contributed by atoms with van der Waals surface area (Å²) >= 11 is 0. The number of halogens is 2. The van der Waals surface area contributed by atoms with Crippen molar-refractivity contribution in [2.45, 2.75) is 39.0 Å². The molecule has 2 rings (SSSR count). The molecule has 1 aliphatic heterocycles. The largest absolute Gasteiger partial charge is 0.465 e. The Kier molecular flexibility index (Phi) is 9.96. The van der Waals surface area contributed by atoms with Gasteiger partial charge in [-0.1, -0.05) is 42.5 Å². The van der Waals surface area contributed by atoms with Crippen LogP contribution >= 0.6 is 0 Å². The number of rotatable bonds is 11. The fourth-order valence-electron chi connectivity index (χ4n) is 3.52. The minimum atomic E-state index is -3.63. The van der Waals surface area contributed by atoms with Gasteiger partial charge in [-0.3, -0.25) is 14.4 Å². The molecule has 1 heterocycles. The summed E-state index contributed by atoms with van der Waals surface area (Å²) in [6.07, 6.45) is 1.52. The van der Waals surface area contributed by atoms with E-state index in [4.69, 9.17) is 14.2 Å². The molecular formula is C24H31F2NO6. The third kappa shape index (κ3) is 7.08. The highest BCUT2D eigenvalue weighted by molar-refractivity contribution is 6.03. The standard InChI is InChI=1S/C24H31F2NO6/c1-3-32-21(29)23(22(30)33-4-2,14-11-19-9-6-5-7-10-19)12-8-13-24(25,26)20(28)27-15-17-31-18-16-27/h5-7,9-11,14H,3-4,8,12-13,15-18H2,1-2H3/b14-11+. The Balaban J connectivity index is 2.24. The van der Waals surface area contributed by atoms with Crippen LogP contribution < -0.4 is 0 Å². The zero-order valence-electron chi connectivity index (χ0n) is 19.1. The second-order valence-corrected chi connectivity index (χ2v) is 7.62. The quantitative estimate of drug-likeness (QED) is 0.366. The molecule has 0 N–H and O–H groups in total. The number of carbonyl (C=O) groups excluding carboxylic acids is 3. The van der Waals surface area contributed by atoms with Crippen LogP contribution in [0.4, 0.5) is 8.78 Å². The number of alkyl halides is 2. The number of ether oxygens (including phenoxy) is 3. The normalized spacial score (nSPS) is 14.8. The Morgan fingerprint density at radius 1 is 1.00 bits per heavy atom. The molecule has 1 amide bonds. The van der Waals surface area contributed by atoms with Crippen LogP contribution in [0.3, 0.4) is 0 Å². The molecule has 1 aromatic carbocycles. The van der Waals surface area contributed by atoms with E-state index in [0.29, 0.717) is 5.56 Å². The third-order valence-corrected chi connectivity index (χ3v) is 5.31. The van der Waals surface area contributed by atoms with Gasteiger partial charge in [0.05, 0.1) is 26.4 Å². The molecule has 0 radical (unpaired) electrons. The van der Waals surface area contributed by atoms with Crippen molar-refractivity contribution < 1.29 is 37.4 Å². The van der Waals surface area contributed by atoms with Crippen LogP contribution in [0, 0.1) is 5.41 Å². The Bertz CT molecular complexity index is 804. The van der Waals surface area contributed by atoms with Gasteiger partial charge in [0.1, 0.15) is 0 Å². The lowest BCUT2D eigenvalue weighted by molar-refractivity contribution is -0.169. The van der Waals surface area contributed by atoms with Gasteiger partial charge in [-0.15, -0.1) is 0 Å². The smallest absolute Gasteiger partial charge is 0.327 e. The zero-order chi connectivity index (χ0) is 24.3. The molecule has 0 aromatic heterocycles. The van der Waals surface area contributed by atoms with Crippen molar-refractivity contribution in [3.8, 4) is 0 Å². The van der Waals surface area contributed by atoms with E-state index >= 15 is 0 Å². The maximum absolute atomic E-state index is 14.6. The van der Waals surface area contributed by atoms with Crippen LogP contribution in [0.1, 0.15) is 38.7 Å². The van der Waals surface area contributed by atoms with Crippen LogP contribution in [0.15, 0.2) is 36.4 Å². The predicted octanol–water partition coefficient (Wildman–Crippen LogP) is 3.48. The van der Waals surface area contributed by atoms with Gasteiger partial charge < -0.3 is 19.1 Å². The fourth-order valence-corrected chi connectivity index (χ4v) is 3.52. The van der Waals surface area contributed by atoms with Crippen LogP contribution in [0.25, 0.3) is 6.08 Å². The molecule has 1 aromatic rings. The first-order chi connectivity index (χ1) is 15.8. The third-order valence-electron chi connectivity index (χ3n) is 5.31. The van der Waals surface area contributed by atoms with Crippen molar-refractivity contribution >= 4 is 23.9 Å². The molecule has 1 fully saturated rings. The highest BCUT2D eigenvalue weighted by Gasteiger charge is 2.48. The molecule has 1 saturated heterocycles. The second-order valence-electron chi connectivity index (χ2n) is 7.62. The van der Waals surface area contributed by atoms with Gasteiger partial charge in [0, 0.05) is 19.5 Å². The Morgan fingerprint density at radius 3 is 2.12 bits per heavy atom. The van der Waals surface area contributed by atoms with Crippen LogP contribution in [-0.2, 0) is 28.6 Å². The molecule has 182 valence electrons. The summed E-state index contributed by atoms with van der Waals surface area (Å²) in [5, 5.41) is 0. The van der Waals surface area contributed by atoms with Crippen LogP contribution in [-0.4, -0.2) is 68.2 Å². The molecular weight excluding hydrogens is 436 g/mol. The number of esters is 2. The van der Waals surface area contributed by atoms with Gasteiger partial charge in [0.2, 0.25) is 0 Å². The summed E-state index contributed by atoms with van der Waals surface area (Å²) in [6.45, 7) is 3.80. The van der Waals surface area contributed by atoms with E-state index in [9.17, 15) is 23.2 Å². The highest BCUT2D eigenvalue weighted by Crippen LogP contribution is 2.34. The van der Waals surface area contributed by atoms with E-state index < -0.39 is 35.6 Å². The highest BCUT2D eigenvalue weighted by atomic mass is 19.3. The number of carbonyl (C=O) groups is 3. The lowest BCUT2D eigenvalue weighted by atomic mass is 9.81. The topological polar surface area (TPSA) is 82.1 Å². The van der Waals surface area contributed by atoms with Crippen molar-refractivity contribution in [2.75, 3.05) is 39.5 Å². The fraction of sp³-hybridized carbons (Fsp3) is 0.542. The summed E-state index contributed by atoms with van der Waals surface area (Å²) in [5.41, 5.74) is -1.19. The average molecular weight is 468 g/mol. The van der Waals surface area contributed by atoms with Gasteiger partial charge in [-0.2, -0.15) is 8.78 Å². The minimum absolute atomic E-state index is 0.00480. The van der Waals surface area contributed by atoms with Gasteiger partial charge in [-0.05, 0) is 32.3 Å².